The number of nitrogens with two attached hydrogens (primary N) is 1. The van der Waals surface area contributed by atoms with E-state index >= 15 is 0 Å². The molecule has 1 aromatic carbocycles. The van der Waals surface area contributed by atoms with Crippen molar-refractivity contribution in [1.29, 1.82) is 0 Å². The molecule has 0 bridgehead atoms. The lowest BCUT2D eigenvalue weighted by atomic mass is 10.2. The molecule has 7 heteroatoms. The van der Waals surface area contributed by atoms with Crippen LogP contribution in [-0.4, -0.2) is 21.6 Å². The van der Waals surface area contributed by atoms with E-state index in [0.717, 1.165) is 37.1 Å². The van der Waals surface area contributed by atoms with Gasteiger partial charge in [0.1, 0.15) is 0 Å². The topological polar surface area (TPSA) is 43.8 Å². The number of nitrogen functional groups attached to an aromatic ring is 1. The fourth-order valence-electron chi connectivity index (χ4n) is 2.25. The van der Waals surface area contributed by atoms with Gasteiger partial charge in [-0.25, -0.2) is 4.98 Å². The number of anilines is 1. The van der Waals surface area contributed by atoms with Gasteiger partial charge in [-0.15, -0.1) is 0 Å². The van der Waals surface area contributed by atoms with Crippen LogP contribution in [0, 0.1) is 0 Å². The van der Waals surface area contributed by atoms with Crippen LogP contribution < -0.4 is 5.73 Å². The molecule has 0 fully saturated rings. The second-order valence-corrected chi connectivity index (χ2v) is 5.86. The molecule has 2 aromatic rings. The summed E-state index contributed by atoms with van der Waals surface area (Å²) < 4.78 is 39.8. The van der Waals surface area contributed by atoms with Crippen molar-refractivity contribution in [2.45, 2.75) is 32.0 Å². The Morgan fingerprint density at radius 2 is 2.00 bits per heavy atom. The van der Waals surface area contributed by atoms with Crippen molar-refractivity contribution in [3.8, 4) is 0 Å². The van der Waals surface area contributed by atoms with Crippen LogP contribution in [0.3, 0.4) is 0 Å². The largest absolute Gasteiger partial charge is 0.416 e. The third-order valence-corrected chi connectivity index (χ3v) is 4.03. The Hall–Kier alpha value is -1.37. The summed E-state index contributed by atoms with van der Waals surface area (Å²) >= 11 is 1.81. The Bertz CT molecular complexity index is 607. The molecule has 1 heterocycles. The molecule has 3 nitrogen and oxygen atoms in total. The van der Waals surface area contributed by atoms with Crippen molar-refractivity contribution in [1.82, 2.24) is 9.55 Å². The van der Waals surface area contributed by atoms with E-state index in [1.54, 1.807) is 4.57 Å². The standard InChI is InChI=1S/C14H18F3N3S/c1-21-8-4-2-3-7-20-12-6-5-10(14(15,16)17)9-11(12)19-13(20)18/h5-6,9H,2-4,7-8H2,1H3,(H2,18,19). The zero-order chi connectivity index (χ0) is 15.5. The SMILES string of the molecule is CSCCCCCn1c(N)nc2cc(C(F)(F)F)ccc21. The van der Waals surface area contributed by atoms with Gasteiger partial charge in [-0.1, -0.05) is 6.42 Å². The van der Waals surface area contributed by atoms with E-state index in [4.69, 9.17) is 5.73 Å². The lowest BCUT2D eigenvalue weighted by Gasteiger charge is -2.08. The minimum atomic E-state index is -4.36. The van der Waals surface area contributed by atoms with Gasteiger partial charge in [-0.2, -0.15) is 24.9 Å². The highest BCUT2D eigenvalue weighted by Crippen LogP contribution is 2.31. The molecule has 0 aliphatic heterocycles. The molecular weight excluding hydrogens is 299 g/mol. The van der Waals surface area contributed by atoms with Crippen molar-refractivity contribution in [3.63, 3.8) is 0 Å². The fourth-order valence-corrected chi connectivity index (χ4v) is 2.75. The number of aromatic nitrogens is 2. The first-order valence-electron chi connectivity index (χ1n) is 6.75. The first kappa shape index (κ1) is 16.0. The van der Waals surface area contributed by atoms with Crippen molar-refractivity contribution < 1.29 is 13.2 Å². The number of nitrogens with zero attached hydrogens (tertiary/aromatic N) is 2. The molecule has 0 aliphatic carbocycles. The van der Waals surface area contributed by atoms with E-state index in [9.17, 15) is 13.2 Å². The number of benzene rings is 1. The Labute approximate surface area is 125 Å². The summed E-state index contributed by atoms with van der Waals surface area (Å²) in [6.45, 7) is 0.683. The first-order valence-corrected chi connectivity index (χ1v) is 8.15. The molecule has 0 aliphatic rings. The molecule has 0 saturated carbocycles. The first-order chi connectivity index (χ1) is 9.93. The Balaban J connectivity index is 2.15. The molecule has 0 unspecified atom stereocenters. The number of unbranched alkanes of at least 4 members (excludes halogenated alkanes) is 2. The van der Waals surface area contributed by atoms with Gasteiger partial charge in [0.25, 0.3) is 0 Å². The van der Waals surface area contributed by atoms with Crippen LogP contribution in [0.5, 0.6) is 0 Å². The molecule has 2 N–H and O–H groups in total. The molecule has 1 aromatic heterocycles. The van der Waals surface area contributed by atoms with Gasteiger partial charge in [0.05, 0.1) is 16.6 Å². The zero-order valence-corrected chi connectivity index (χ0v) is 12.6. The van der Waals surface area contributed by atoms with Gasteiger partial charge in [0.15, 0.2) is 0 Å². The third kappa shape index (κ3) is 3.84. The quantitative estimate of drug-likeness (QED) is 0.813. The lowest BCUT2D eigenvalue weighted by Crippen LogP contribution is -2.05. The van der Waals surface area contributed by atoms with Crippen molar-refractivity contribution in [2.75, 3.05) is 17.7 Å². The molecule has 0 atom stereocenters. The van der Waals surface area contributed by atoms with E-state index in [2.05, 4.69) is 11.2 Å². The predicted octanol–water partition coefficient (Wildman–Crippen LogP) is 4.17. The summed E-state index contributed by atoms with van der Waals surface area (Å²) in [6.07, 6.45) is 0.855. The second-order valence-electron chi connectivity index (χ2n) is 4.88. The van der Waals surface area contributed by atoms with Crippen molar-refractivity contribution in [2.24, 2.45) is 0 Å². The summed E-state index contributed by atoms with van der Waals surface area (Å²) in [7, 11) is 0. The summed E-state index contributed by atoms with van der Waals surface area (Å²) in [6, 6.07) is 3.58. The van der Waals surface area contributed by atoms with Crippen LogP contribution >= 0.6 is 11.8 Å². The van der Waals surface area contributed by atoms with Crippen LogP contribution in [0.1, 0.15) is 24.8 Å². The van der Waals surface area contributed by atoms with E-state index < -0.39 is 11.7 Å². The summed E-state index contributed by atoms with van der Waals surface area (Å²) in [4.78, 5) is 4.04. The average molecular weight is 317 g/mol. The fraction of sp³-hybridized carbons (Fsp3) is 0.500. The van der Waals surface area contributed by atoms with Gasteiger partial charge in [0, 0.05) is 6.54 Å². The molecule has 2 rings (SSSR count). The second kappa shape index (κ2) is 6.60. The van der Waals surface area contributed by atoms with E-state index in [-0.39, 0.29) is 5.95 Å². The number of aryl methyl sites for hydroxylation is 1. The van der Waals surface area contributed by atoms with Crippen LogP contribution in [0.25, 0.3) is 11.0 Å². The summed E-state index contributed by atoms with van der Waals surface area (Å²) in [5.74, 6) is 1.39. The molecule has 0 spiro atoms. The van der Waals surface area contributed by atoms with Crippen LogP contribution in [-0.2, 0) is 12.7 Å². The number of alkyl halides is 3. The van der Waals surface area contributed by atoms with Crippen molar-refractivity contribution >= 4 is 28.7 Å². The Morgan fingerprint density at radius 1 is 1.24 bits per heavy atom. The zero-order valence-electron chi connectivity index (χ0n) is 11.8. The van der Waals surface area contributed by atoms with Crippen molar-refractivity contribution in [3.05, 3.63) is 23.8 Å². The number of hydrogen-bond donors (Lipinski definition) is 1. The van der Waals surface area contributed by atoms with E-state index in [1.807, 2.05) is 11.8 Å². The molecular formula is C14H18F3N3S. The summed E-state index contributed by atoms with van der Waals surface area (Å²) in [5, 5.41) is 0. The van der Waals surface area contributed by atoms with Crippen LogP contribution in [0.4, 0.5) is 19.1 Å². The molecule has 0 amide bonds. The summed E-state index contributed by atoms with van der Waals surface area (Å²) in [5.41, 5.74) is 6.08. The molecule has 0 radical (unpaired) electrons. The van der Waals surface area contributed by atoms with Gasteiger partial charge in [-0.05, 0) is 43.0 Å². The van der Waals surface area contributed by atoms with Crippen LogP contribution in [0.2, 0.25) is 0 Å². The van der Waals surface area contributed by atoms with Gasteiger partial charge < -0.3 is 10.3 Å². The highest BCUT2D eigenvalue weighted by atomic mass is 32.2. The number of rotatable bonds is 6. The maximum Gasteiger partial charge on any atom is 0.416 e. The third-order valence-electron chi connectivity index (χ3n) is 3.34. The predicted molar refractivity (Wildman–Crippen MR) is 81.4 cm³/mol. The smallest absolute Gasteiger partial charge is 0.369 e. The minimum absolute atomic E-state index is 0.272. The number of hydrogen-bond acceptors (Lipinski definition) is 3. The van der Waals surface area contributed by atoms with E-state index in [1.165, 1.54) is 6.07 Å². The molecule has 116 valence electrons. The van der Waals surface area contributed by atoms with Gasteiger partial charge in [0.2, 0.25) is 5.95 Å². The number of imidazole rings is 1. The average Bonchev–Trinajstić information content (AvgIpc) is 2.73. The molecule has 0 saturated heterocycles. The van der Waals surface area contributed by atoms with Crippen LogP contribution in [0.15, 0.2) is 18.2 Å². The normalized spacial score (nSPS) is 12.2. The molecule has 21 heavy (non-hydrogen) atoms. The maximum atomic E-state index is 12.7. The van der Waals surface area contributed by atoms with E-state index in [0.29, 0.717) is 17.6 Å². The highest BCUT2D eigenvalue weighted by Gasteiger charge is 2.31. The van der Waals surface area contributed by atoms with Gasteiger partial charge >= 0.3 is 6.18 Å². The maximum absolute atomic E-state index is 12.7. The lowest BCUT2D eigenvalue weighted by molar-refractivity contribution is -0.137. The van der Waals surface area contributed by atoms with Gasteiger partial charge in [-0.3, -0.25) is 0 Å². The number of fused-ring (bicyclic) bond motifs is 1. The number of thioether (sulfide) groups is 1. The Morgan fingerprint density at radius 3 is 2.67 bits per heavy atom. The number of halogens is 3. The highest BCUT2D eigenvalue weighted by molar-refractivity contribution is 7.98. The Kier molecular flexibility index (Phi) is 5.03. The monoisotopic (exact) mass is 317 g/mol. The minimum Gasteiger partial charge on any atom is -0.369 e.